The third-order valence-corrected chi connectivity index (χ3v) is 11.0. The Balaban J connectivity index is 1.75. The van der Waals surface area contributed by atoms with Gasteiger partial charge in [0.15, 0.2) is 0 Å². The Morgan fingerprint density at radius 3 is 2.23 bits per heavy atom. The van der Waals surface area contributed by atoms with E-state index in [4.69, 9.17) is 34.8 Å². The summed E-state index contributed by atoms with van der Waals surface area (Å²) in [6.07, 6.45) is 5.32. The van der Waals surface area contributed by atoms with Crippen molar-refractivity contribution in [3.8, 4) is 0 Å². The van der Waals surface area contributed by atoms with E-state index >= 15 is 0 Å². The zero-order valence-electron chi connectivity index (χ0n) is 25.2. The van der Waals surface area contributed by atoms with Gasteiger partial charge in [-0.2, -0.15) is 0 Å². The van der Waals surface area contributed by atoms with Gasteiger partial charge in [-0.05, 0) is 80.6 Å². The van der Waals surface area contributed by atoms with Gasteiger partial charge in [0.1, 0.15) is 12.6 Å². The van der Waals surface area contributed by atoms with E-state index < -0.39 is 28.5 Å². The number of halogens is 3. The Labute approximate surface area is 275 Å². The van der Waals surface area contributed by atoms with Crippen molar-refractivity contribution in [2.45, 2.75) is 82.8 Å². The van der Waals surface area contributed by atoms with Gasteiger partial charge in [0.2, 0.25) is 11.8 Å². The van der Waals surface area contributed by atoms with Gasteiger partial charge in [0.25, 0.3) is 10.0 Å². The second-order valence-electron chi connectivity index (χ2n) is 11.2. The van der Waals surface area contributed by atoms with E-state index in [1.807, 2.05) is 13.8 Å². The molecule has 2 amide bonds. The second-order valence-corrected chi connectivity index (χ2v) is 14.3. The summed E-state index contributed by atoms with van der Waals surface area (Å²) in [7, 11) is -4.21. The van der Waals surface area contributed by atoms with Crippen LogP contribution in [0.2, 0.25) is 15.1 Å². The van der Waals surface area contributed by atoms with Crippen LogP contribution in [0.25, 0.3) is 0 Å². The fraction of sp³-hybridized carbons (Fsp3) is 0.394. The molecule has 0 aromatic heterocycles. The van der Waals surface area contributed by atoms with Gasteiger partial charge < -0.3 is 10.2 Å². The van der Waals surface area contributed by atoms with Crippen molar-refractivity contribution in [3.63, 3.8) is 0 Å². The first-order chi connectivity index (χ1) is 20.9. The average Bonchev–Trinajstić information content (AvgIpc) is 2.99. The summed E-state index contributed by atoms with van der Waals surface area (Å²) in [5.74, 6) is -0.809. The number of aryl methyl sites for hydroxylation is 1. The average molecular weight is 679 g/mol. The van der Waals surface area contributed by atoms with Crippen molar-refractivity contribution in [1.82, 2.24) is 10.2 Å². The van der Waals surface area contributed by atoms with Crippen LogP contribution in [-0.2, 0) is 26.2 Å². The van der Waals surface area contributed by atoms with Crippen LogP contribution in [0.5, 0.6) is 0 Å². The number of benzene rings is 3. The molecule has 3 aromatic rings. The van der Waals surface area contributed by atoms with E-state index in [1.54, 1.807) is 55.5 Å². The zero-order valence-corrected chi connectivity index (χ0v) is 28.2. The minimum Gasteiger partial charge on any atom is -0.352 e. The fourth-order valence-electron chi connectivity index (χ4n) is 5.52. The topological polar surface area (TPSA) is 86.8 Å². The SMILES string of the molecule is CC[C@@H](C(=O)NC1CCCCC1)N(Cc1ccc(Cl)c(Cl)c1)C(=O)CN(c1cccc(Cl)c1C)S(=O)(=O)c1ccc(C)cc1. The number of hydrogen-bond donors (Lipinski definition) is 1. The monoisotopic (exact) mass is 677 g/mol. The number of carbonyl (C=O) groups excluding carboxylic acids is 2. The van der Waals surface area contributed by atoms with Crippen molar-refractivity contribution in [2.75, 3.05) is 10.8 Å². The van der Waals surface area contributed by atoms with Gasteiger partial charge in [0, 0.05) is 17.6 Å². The maximum absolute atomic E-state index is 14.4. The molecule has 0 radical (unpaired) electrons. The third kappa shape index (κ3) is 8.08. The Bertz CT molecular complexity index is 1590. The lowest BCUT2D eigenvalue weighted by atomic mass is 9.95. The summed E-state index contributed by atoms with van der Waals surface area (Å²) >= 11 is 18.9. The molecule has 236 valence electrons. The van der Waals surface area contributed by atoms with Gasteiger partial charge in [0.05, 0.1) is 20.6 Å². The molecule has 0 spiro atoms. The lowest BCUT2D eigenvalue weighted by Gasteiger charge is -2.35. The van der Waals surface area contributed by atoms with Gasteiger partial charge in [-0.3, -0.25) is 13.9 Å². The molecule has 0 unspecified atom stereocenters. The zero-order chi connectivity index (χ0) is 32.0. The smallest absolute Gasteiger partial charge is 0.264 e. The Hall–Kier alpha value is -2.78. The Morgan fingerprint density at radius 2 is 1.59 bits per heavy atom. The van der Waals surface area contributed by atoms with Crippen LogP contribution in [0.4, 0.5) is 5.69 Å². The number of rotatable bonds is 11. The Kier molecular flexibility index (Phi) is 11.6. The van der Waals surface area contributed by atoms with E-state index in [-0.39, 0.29) is 29.1 Å². The number of nitrogens with one attached hydrogen (secondary N) is 1. The number of sulfonamides is 1. The standard InChI is InChI=1S/C33H38Cl3N3O4S/c1-4-30(33(41)37-25-9-6-5-7-10-25)38(20-24-15-18-28(35)29(36)19-24)32(40)21-39(31-12-8-11-27(34)23(31)3)44(42,43)26-16-13-22(2)14-17-26/h8,11-19,25,30H,4-7,9-10,20-21H2,1-3H3,(H,37,41)/t30-/m0/s1. The number of hydrogen-bond acceptors (Lipinski definition) is 4. The first-order valence-electron chi connectivity index (χ1n) is 14.8. The predicted octanol–water partition coefficient (Wildman–Crippen LogP) is 7.72. The molecule has 7 nitrogen and oxygen atoms in total. The molecule has 1 fully saturated rings. The van der Waals surface area contributed by atoms with Gasteiger partial charge >= 0.3 is 0 Å². The number of carbonyl (C=O) groups is 2. The van der Waals surface area contributed by atoms with Crippen LogP contribution >= 0.6 is 34.8 Å². The molecule has 0 aliphatic heterocycles. The van der Waals surface area contributed by atoms with Crippen molar-refractivity contribution in [1.29, 1.82) is 0 Å². The molecule has 4 rings (SSSR count). The van der Waals surface area contributed by atoms with Crippen molar-refractivity contribution in [2.24, 2.45) is 0 Å². The van der Waals surface area contributed by atoms with Crippen LogP contribution in [-0.4, -0.2) is 43.8 Å². The highest BCUT2D eigenvalue weighted by Gasteiger charge is 2.35. The maximum Gasteiger partial charge on any atom is 0.264 e. The fourth-order valence-corrected chi connectivity index (χ4v) is 7.48. The van der Waals surface area contributed by atoms with E-state index in [1.165, 1.54) is 17.0 Å². The highest BCUT2D eigenvalue weighted by Crippen LogP contribution is 2.32. The molecule has 1 aliphatic rings. The summed E-state index contributed by atoms with van der Waals surface area (Å²) < 4.78 is 29.4. The largest absolute Gasteiger partial charge is 0.352 e. The van der Waals surface area contributed by atoms with Gasteiger partial charge in [-0.25, -0.2) is 8.42 Å². The highest BCUT2D eigenvalue weighted by molar-refractivity contribution is 7.92. The highest BCUT2D eigenvalue weighted by atomic mass is 35.5. The van der Waals surface area contributed by atoms with E-state index in [0.29, 0.717) is 32.6 Å². The van der Waals surface area contributed by atoms with Gasteiger partial charge in [-0.1, -0.05) is 90.8 Å². The van der Waals surface area contributed by atoms with Crippen LogP contribution in [0.1, 0.15) is 62.1 Å². The summed E-state index contributed by atoms with van der Waals surface area (Å²) in [6.45, 7) is 4.88. The number of anilines is 1. The lowest BCUT2D eigenvalue weighted by molar-refractivity contribution is -0.140. The normalized spacial score (nSPS) is 14.6. The summed E-state index contributed by atoms with van der Waals surface area (Å²) in [5, 5.41) is 4.19. The minimum absolute atomic E-state index is 0.0270. The minimum atomic E-state index is -4.21. The lowest BCUT2D eigenvalue weighted by Crippen LogP contribution is -2.54. The third-order valence-electron chi connectivity index (χ3n) is 8.07. The molecule has 1 atom stereocenters. The quantitative estimate of drug-likeness (QED) is 0.225. The molecule has 0 bridgehead atoms. The molecule has 44 heavy (non-hydrogen) atoms. The molecule has 0 saturated heterocycles. The van der Waals surface area contributed by atoms with E-state index in [0.717, 1.165) is 42.0 Å². The van der Waals surface area contributed by atoms with E-state index in [2.05, 4.69) is 5.32 Å². The summed E-state index contributed by atoms with van der Waals surface area (Å²) in [5.41, 5.74) is 2.34. The first kappa shape index (κ1) is 34.1. The second kappa shape index (κ2) is 15.0. The van der Waals surface area contributed by atoms with Crippen LogP contribution in [0.3, 0.4) is 0 Å². The van der Waals surface area contributed by atoms with Crippen molar-refractivity contribution >= 4 is 62.3 Å². The molecule has 0 heterocycles. The van der Waals surface area contributed by atoms with Gasteiger partial charge in [-0.15, -0.1) is 0 Å². The molecule has 11 heteroatoms. The molecule has 1 aliphatic carbocycles. The van der Waals surface area contributed by atoms with Crippen LogP contribution in [0, 0.1) is 13.8 Å². The summed E-state index contributed by atoms with van der Waals surface area (Å²) in [6, 6.07) is 15.6. The molecular formula is C33H38Cl3N3O4S. The molecule has 3 aromatic carbocycles. The molecular weight excluding hydrogens is 641 g/mol. The van der Waals surface area contributed by atoms with Crippen molar-refractivity contribution < 1.29 is 18.0 Å². The maximum atomic E-state index is 14.4. The molecule has 1 saturated carbocycles. The number of nitrogens with zero attached hydrogens (tertiary/aromatic N) is 2. The number of amides is 2. The summed E-state index contributed by atoms with van der Waals surface area (Å²) in [4.78, 5) is 29.5. The predicted molar refractivity (Wildman–Crippen MR) is 178 cm³/mol. The van der Waals surface area contributed by atoms with Crippen LogP contribution < -0.4 is 9.62 Å². The van der Waals surface area contributed by atoms with E-state index in [9.17, 15) is 18.0 Å². The molecule has 1 N–H and O–H groups in total. The van der Waals surface area contributed by atoms with Crippen molar-refractivity contribution in [3.05, 3.63) is 92.4 Å². The van der Waals surface area contributed by atoms with Crippen LogP contribution in [0.15, 0.2) is 65.6 Å². The first-order valence-corrected chi connectivity index (χ1v) is 17.4. The Morgan fingerprint density at radius 1 is 0.909 bits per heavy atom.